The quantitative estimate of drug-likeness (QED) is 0.754. The van der Waals surface area contributed by atoms with Gasteiger partial charge in [0, 0.05) is 6.54 Å². The zero-order chi connectivity index (χ0) is 13.6. The molecule has 0 atom stereocenters. The van der Waals surface area contributed by atoms with Gasteiger partial charge in [-0.2, -0.15) is 18.4 Å². The molecule has 5 heteroatoms. The van der Waals surface area contributed by atoms with E-state index in [9.17, 15) is 13.2 Å². The van der Waals surface area contributed by atoms with E-state index in [0.717, 1.165) is 30.7 Å². The van der Waals surface area contributed by atoms with Gasteiger partial charge in [0.25, 0.3) is 0 Å². The molecule has 2 nitrogen and oxygen atoms in total. The summed E-state index contributed by atoms with van der Waals surface area (Å²) in [6.07, 6.45) is -3.39. The van der Waals surface area contributed by atoms with E-state index in [4.69, 9.17) is 5.26 Å². The molecule has 0 saturated heterocycles. The summed E-state index contributed by atoms with van der Waals surface area (Å²) in [5.41, 5.74) is 0.139. The second-order valence-electron chi connectivity index (χ2n) is 4.06. The Morgan fingerprint density at radius 3 is 2.28 bits per heavy atom. The molecular formula is C13H15F3N2. The number of nitriles is 1. The highest BCUT2D eigenvalue weighted by atomic mass is 19.4. The molecule has 1 aromatic rings. The van der Waals surface area contributed by atoms with Crippen molar-refractivity contribution in [2.75, 3.05) is 13.1 Å². The van der Waals surface area contributed by atoms with Gasteiger partial charge in [0.15, 0.2) is 0 Å². The van der Waals surface area contributed by atoms with Gasteiger partial charge in [-0.15, -0.1) is 0 Å². The van der Waals surface area contributed by atoms with Gasteiger partial charge in [0.05, 0.1) is 18.2 Å². The number of alkyl halides is 3. The molecular weight excluding hydrogens is 241 g/mol. The number of benzene rings is 1. The maximum absolute atomic E-state index is 12.4. The highest BCUT2D eigenvalue weighted by Gasteiger charge is 2.29. The lowest BCUT2D eigenvalue weighted by Crippen LogP contribution is -2.24. The molecule has 0 saturated carbocycles. The van der Waals surface area contributed by atoms with Gasteiger partial charge in [0.1, 0.15) is 0 Å². The second-order valence-corrected chi connectivity index (χ2v) is 4.06. The highest BCUT2D eigenvalue weighted by Crippen LogP contribution is 2.29. The van der Waals surface area contributed by atoms with Crippen molar-refractivity contribution in [2.45, 2.75) is 26.1 Å². The lowest BCUT2D eigenvalue weighted by atomic mass is 10.1. The minimum absolute atomic E-state index is 0.287. The summed E-state index contributed by atoms with van der Waals surface area (Å²) in [6.45, 7) is 3.54. The smallest absolute Gasteiger partial charge is 0.286 e. The Balaban J connectivity index is 2.70. The Morgan fingerprint density at radius 2 is 1.83 bits per heavy atom. The lowest BCUT2D eigenvalue weighted by molar-refractivity contribution is -0.137. The molecule has 0 amide bonds. The largest absolute Gasteiger partial charge is 0.416 e. The van der Waals surface area contributed by atoms with E-state index in [2.05, 4.69) is 6.07 Å². The third kappa shape index (κ3) is 4.38. The van der Waals surface area contributed by atoms with E-state index in [1.807, 2.05) is 11.8 Å². The first-order chi connectivity index (χ1) is 8.47. The first-order valence-corrected chi connectivity index (χ1v) is 5.72. The molecule has 0 bridgehead atoms. The summed E-state index contributed by atoms with van der Waals surface area (Å²) in [7, 11) is 0. The third-order valence-electron chi connectivity index (χ3n) is 2.52. The summed E-state index contributed by atoms with van der Waals surface area (Å²) < 4.78 is 37.1. The molecule has 98 valence electrons. The fourth-order valence-electron chi connectivity index (χ4n) is 1.69. The van der Waals surface area contributed by atoms with Gasteiger partial charge >= 0.3 is 6.18 Å². The van der Waals surface area contributed by atoms with Crippen LogP contribution in [0.5, 0.6) is 0 Å². The van der Waals surface area contributed by atoms with Gasteiger partial charge in [0.2, 0.25) is 0 Å². The zero-order valence-corrected chi connectivity index (χ0v) is 10.2. The minimum Gasteiger partial charge on any atom is -0.286 e. The van der Waals surface area contributed by atoms with Crippen LogP contribution in [0.4, 0.5) is 13.2 Å². The van der Waals surface area contributed by atoms with Crippen LogP contribution >= 0.6 is 0 Å². The van der Waals surface area contributed by atoms with Crippen LogP contribution in [0.3, 0.4) is 0 Å². The summed E-state index contributed by atoms with van der Waals surface area (Å²) in [4.78, 5) is 1.91. The van der Waals surface area contributed by atoms with E-state index in [0.29, 0.717) is 6.54 Å². The fraction of sp³-hybridized carbons (Fsp3) is 0.462. The molecule has 0 aliphatic rings. The van der Waals surface area contributed by atoms with Gasteiger partial charge in [-0.25, -0.2) is 0 Å². The van der Waals surface area contributed by atoms with Crippen molar-refractivity contribution in [1.82, 2.24) is 4.90 Å². The van der Waals surface area contributed by atoms with Crippen molar-refractivity contribution in [3.8, 4) is 6.07 Å². The molecule has 0 fully saturated rings. The Labute approximate surface area is 105 Å². The molecule has 18 heavy (non-hydrogen) atoms. The number of halogens is 3. The minimum atomic E-state index is -4.30. The normalized spacial score (nSPS) is 11.6. The number of rotatable bonds is 5. The Bertz CT molecular complexity index is 404. The van der Waals surface area contributed by atoms with Crippen LogP contribution < -0.4 is 0 Å². The van der Waals surface area contributed by atoms with E-state index in [-0.39, 0.29) is 6.54 Å². The maximum Gasteiger partial charge on any atom is 0.416 e. The van der Waals surface area contributed by atoms with Crippen molar-refractivity contribution >= 4 is 0 Å². The Hall–Kier alpha value is -1.54. The average Bonchev–Trinajstić information content (AvgIpc) is 2.29. The van der Waals surface area contributed by atoms with Crippen molar-refractivity contribution in [1.29, 1.82) is 5.26 Å². The number of hydrogen-bond donors (Lipinski definition) is 0. The summed E-state index contributed by atoms with van der Waals surface area (Å²) in [5.74, 6) is 0. The van der Waals surface area contributed by atoms with Crippen LogP contribution in [0.25, 0.3) is 0 Å². The van der Waals surface area contributed by atoms with Gasteiger partial charge < -0.3 is 0 Å². The van der Waals surface area contributed by atoms with Gasteiger partial charge in [-0.1, -0.05) is 19.1 Å². The predicted molar refractivity (Wildman–Crippen MR) is 62.6 cm³/mol. The molecule has 0 aliphatic carbocycles. The lowest BCUT2D eigenvalue weighted by Gasteiger charge is -2.18. The van der Waals surface area contributed by atoms with Crippen molar-refractivity contribution in [3.05, 3.63) is 35.4 Å². The number of hydrogen-bond acceptors (Lipinski definition) is 2. The molecule has 1 rings (SSSR count). The van der Waals surface area contributed by atoms with Crippen LogP contribution in [-0.4, -0.2) is 18.0 Å². The highest BCUT2D eigenvalue weighted by molar-refractivity contribution is 5.24. The summed E-state index contributed by atoms with van der Waals surface area (Å²) >= 11 is 0. The molecule has 1 aromatic carbocycles. The molecule has 0 radical (unpaired) electrons. The molecule has 0 heterocycles. The van der Waals surface area contributed by atoms with E-state index in [1.54, 1.807) is 0 Å². The Morgan fingerprint density at radius 1 is 1.22 bits per heavy atom. The summed E-state index contributed by atoms with van der Waals surface area (Å²) in [6, 6.07) is 7.13. The topological polar surface area (TPSA) is 27.0 Å². The Kier molecular flexibility index (Phi) is 5.17. The van der Waals surface area contributed by atoms with E-state index in [1.165, 1.54) is 12.1 Å². The van der Waals surface area contributed by atoms with Gasteiger partial charge in [-0.05, 0) is 30.7 Å². The standard InChI is InChI=1S/C13H15F3N2/c1-2-8-18(9-7-17)10-11-3-5-12(6-4-11)13(14,15)16/h3-6H,2,8-10H2,1H3. The zero-order valence-electron chi connectivity index (χ0n) is 10.2. The van der Waals surface area contributed by atoms with Crippen LogP contribution in [0.1, 0.15) is 24.5 Å². The molecule has 0 aromatic heterocycles. The third-order valence-corrected chi connectivity index (χ3v) is 2.52. The molecule has 0 N–H and O–H groups in total. The second kappa shape index (κ2) is 6.41. The molecule has 0 aliphatic heterocycles. The van der Waals surface area contributed by atoms with Gasteiger partial charge in [-0.3, -0.25) is 4.90 Å². The first-order valence-electron chi connectivity index (χ1n) is 5.72. The first kappa shape index (κ1) is 14.5. The predicted octanol–water partition coefficient (Wildman–Crippen LogP) is 3.44. The monoisotopic (exact) mass is 256 g/mol. The fourth-order valence-corrected chi connectivity index (χ4v) is 1.69. The van der Waals surface area contributed by atoms with Crippen LogP contribution in [0, 0.1) is 11.3 Å². The van der Waals surface area contributed by atoms with E-state index < -0.39 is 11.7 Å². The SMILES string of the molecule is CCCN(CC#N)Cc1ccc(C(F)(F)F)cc1. The summed E-state index contributed by atoms with van der Waals surface area (Å²) in [5, 5.41) is 8.65. The van der Waals surface area contributed by atoms with Crippen molar-refractivity contribution < 1.29 is 13.2 Å². The van der Waals surface area contributed by atoms with Crippen LogP contribution in [-0.2, 0) is 12.7 Å². The maximum atomic E-state index is 12.4. The number of nitrogens with zero attached hydrogens (tertiary/aromatic N) is 2. The molecule has 0 spiro atoms. The van der Waals surface area contributed by atoms with E-state index >= 15 is 0 Å². The van der Waals surface area contributed by atoms with Crippen LogP contribution in [0.2, 0.25) is 0 Å². The van der Waals surface area contributed by atoms with Crippen LogP contribution in [0.15, 0.2) is 24.3 Å². The average molecular weight is 256 g/mol. The van der Waals surface area contributed by atoms with Crippen molar-refractivity contribution in [2.24, 2.45) is 0 Å². The van der Waals surface area contributed by atoms with Crippen molar-refractivity contribution in [3.63, 3.8) is 0 Å². The molecule has 0 unspecified atom stereocenters.